The highest BCUT2D eigenvalue weighted by Gasteiger charge is 2.21. The van der Waals surface area contributed by atoms with Crippen LogP contribution in [0.5, 0.6) is 0 Å². The van der Waals surface area contributed by atoms with E-state index in [4.69, 9.17) is 4.74 Å². The number of para-hydroxylation sites is 1. The number of nitrogens with one attached hydrogen (secondary N) is 2. The third-order valence-corrected chi connectivity index (χ3v) is 6.41. The van der Waals surface area contributed by atoms with Gasteiger partial charge in [-0.2, -0.15) is 0 Å². The molecule has 1 unspecified atom stereocenters. The predicted molar refractivity (Wildman–Crippen MR) is 146 cm³/mol. The van der Waals surface area contributed by atoms with Crippen molar-refractivity contribution in [3.8, 4) is 0 Å². The summed E-state index contributed by atoms with van der Waals surface area (Å²) in [6, 6.07) is 5.17. The van der Waals surface area contributed by atoms with Gasteiger partial charge in [-0.05, 0) is 58.1 Å². The third kappa shape index (κ3) is 9.37. The molecular formula is C28H44N4O5. The fourth-order valence-electron chi connectivity index (χ4n) is 4.53. The molecule has 1 heterocycles. The molecule has 9 nitrogen and oxygen atoms in total. The number of aryl methyl sites for hydroxylation is 2. The van der Waals surface area contributed by atoms with E-state index in [9.17, 15) is 19.2 Å². The van der Waals surface area contributed by atoms with Crippen LogP contribution in [-0.2, 0) is 27.8 Å². The van der Waals surface area contributed by atoms with Gasteiger partial charge < -0.3 is 20.2 Å². The quantitative estimate of drug-likeness (QED) is 0.269. The van der Waals surface area contributed by atoms with Gasteiger partial charge in [-0.3, -0.25) is 13.9 Å². The number of imidazole rings is 1. The van der Waals surface area contributed by atoms with E-state index < -0.39 is 11.6 Å². The highest BCUT2D eigenvalue weighted by molar-refractivity contribution is 5.81. The normalized spacial score (nSPS) is 12.4. The van der Waals surface area contributed by atoms with E-state index in [1.165, 1.54) is 4.57 Å². The second-order valence-electron chi connectivity index (χ2n) is 10.6. The van der Waals surface area contributed by atoms with Crippen molar-refractivity contribution in [2.45, 2.75) is 96.6 Å². The summed E-state index contributed by atoms with van der Waals surface area (Å²) in [6.07, 6.45) is 9.28. The largest absolute Gasteiger partial charge is 0.444 e. The van der Waals surface area contributed by atoms with Crippen LogP contribution in [0.15, 0.2) is 23.0 Å². The Kier molecular flexibility index (Phi) is 11.9. The standard InChI is InChI=1S/C28H44N4O5/c1-28(2,3)37-26(35)30-19-12-10-8-6-7-9-11-14-21-15-13-16-23-25(21)31(5)27(36)32(23)22(20-33)17-18-24(34)29-4/h13,15-16,20,22H,6-12,14,17-19H2,1-5H3,(H,29,34)(H,30,35). The molecule has 0 aliphatic rings. The monoisotopic (exact) mass is 516 g/mol. The van der Waals surface area contributed by atoms with Crippen LogP contribution in [0.2, 0.25) is 0 Å². The van der Waals surface area contributed by atoms with E-state index in [0.29, 0.717) is 6.54 Å². The number of aromatic nitrogens is 2. The van der Waals surface area contributed by atoms with Crippen LogP contribution in [0, 0.1) is 0 Å². The Bertz CT molecular complexity index is 1100. The molecule has 9 heteroatoms. The van der Waals surface area contributed by atoms with Crippen molar-refractivity contribution in [2.75, 3.05) is 13.6 Å². The lowest BCUT2D eigenvalue weighted by atomic mass is 10.0. The van der Waals surface area contributed by atoms with Crippen LogP contribution in [0.1, 0.15) is 90.2 Å². The molecule has 0 saturated carbocycles. The lowest BCUT2D eigenvalue weighted by Gasteiger charge is -2.19. The maximum atomic E-state index is 13.0. The number of rotatable bonds is 15. The average molecular weight is 517 g/mol. The SMILES string of the molecule is CNC(=O)CCC(C=O)n1c(=O)n(C)c2c(CCCCCCCCCNC(=O)OC(C)(C)C)cccc21. The summed E-state index contributed by atoms with van der Waals surface area (Å²) in [6.45, 7) is 6.19. The molecule has 2 rings (SSSR count). The summed E-state index contributed by atoms with van der Waals surface area (Å²) < 4.78 is 8.37. The van der Waals surface area contributed by atoms with Gasteiger partial charge in [-0.1, -0.05) is 44.2 Å². The summed E-state index contributed by atoms with van der Waals surface area (Å²) in [5.41, 5.74) is 1.98. The molecule has 2 N–H and O–H groups in total. The van der Waals surface area contributed by atoms with Gasteiger partial charge in [0, 0.05) is 27.1 Å². The van der Waals surface area contributed by atoms with Gasteiger partial charge in [0.15, 0.2) is 0 Å². The number of carbonyl (C=O) groups is 3. The molecular weight excluding hydrogens is 472 g/mol. The van der Waals surface area contributed by atoms with Gasteiger partial charge in [0.1, 0.15) is 11.9 Å². The Morgan fingerprint density at radius 3 is 2.32 bits per heavy atom. The molecule has 0 radical (unpaired) electrons. The van der Waals surface area contributed by atoms with E-state index in [2.05, 4.69) is 10.6 Å². The van der Waals surface area contributed by atoms with Crippen LogP contribution < -0.4 is 16.3 Å². The molecule has 0 fully saturated rings. The Hall–Kier alpha value is -3.10. The smallest absolute Gasteiger partial charge is 0.407 e. The van der Waals surface area contributed by atoms with Gasteiger partial charge in [0.05, 0.1) is 17.1 Å². The van der Waals surface area contributed by atoms with Crippen molar-refractivity contribution >= 4 is 29.3 Å². The van der Waals surface area contributed by atoms with Gasteiger partial charge in [0.2, 0.25) is 5.91 Å². The van der Waals surface area contributed by atoms with E-state index in [1.807, 2.05) is 39.0 Å². The van der Waals surface area contributed by atoms with Gasteiger partial charge in [-0.15, -0.1) is 0 Å². The number of fused-ring (bicyclic) bond motifs is 1. The first-order valence-electron chi connectivity index (χ1n) is 13.4. The van der Waals surface area contributed by atoms with Crippen molar-refractivity contribution < 1.29 is 19.1 Å². The fourth-order valence-corrected chi connectivity index (χ4v) is 4.53. The molecule has 37 heavy (non-hydrogen) atoms. The number of aldehydes is 1. The van der Waals surface area contributed by atoms with Crippen LogP contribution in [-0.4, -0.2) is 46.6 Å². The number of amides is 2. The zero-order chi connectivity index (χ0) is 27.4. The summed E-state index contributed by atoms with van der Waals surface area (Å²) in [4.78, 5) is 48.1. The Morgan fingerprint density at radius 1 is 1.05 bits per heavy atom. The number of unbranched alkanes of at least 4 members (excludes halogenated alkanes) is 6. The molecule has 0 saturated heterocycles. The minimum absolute atomic E-state index is 0.154. The maximum Gasteiger partial charge on any atom is 0.407 e. The van der Waals surface area contributed by atoms with Crippen LogP contribution in [0.3, 0.4) is 0 Å². The molecule has 0 aliphatic carbocycles. The molecule has 2 aromatic rings. The average Bonchev–Trinajstić information content (AvgIpc) is 3.10. The van der Waals surface area contributed by atoms with Gasteiger partial charge in [-0.25, -0.2) is 9.59 Å². The predicted octanol–water partition coefficient (Wildman–Crippen LogP) is 4.40. The first-order chi connectivity index (χ1) is 17.6. The number of hydrogen-bond donors (Lipinski definition) is 2. The third-order valence-electron chi connectivity index (χ3n) is 6.41. The molecule has 1 atom stereocenters. The number of benzene rings is 1. The van der Waals surface area contributed by atoms with Crippen LogP contribution in [0.25, 0.3) is 11.0 Å². The summed E-state index contributed by atoms with van der Waals surface area (Å²) >= 11 is 0. The van der Waals surface area contributed by atoms with Gasteiger partial charge >= 0.3 is 11.8 Å². The topological polar surface area (TPSA) is 111 Å². The van der Waals surface area contributed by atoms with Crippen molar-refractivity contribution in [3.05, 3.63) is 34.2 Å². The highest BCUT2D eigenvalue weighted by Crippen LogP contribution is 2.24. The minimum Gasteiger partial charge on any atom is -0.444 e. The lowest BCUT2D eigenvalue weighted by Crippen LogP contribution is -2.32. The van der Waals surface area contributed by atoms with Crippen molar-refractivity contribution in [3.63, 3.8) is 0 Å². The van der Waals surface area contributed by atoms with E-state index in [0.717, 1.165) is 74.2 Å². The Morgan fingerprint density at radius 2 is 1.70 bits per heavy atom. The summed E-state index contributed by atoms with van der Waals surface area (Å²) in [5.74, 6) is -0.154. The molecule has 0 spiro atoms. The van der Waals surface area contributed by atoms with Crippen molar-refractivity contribution in [1.82, 2.24) is 19.8 Å². The molecule has 1 aromatic carbocycles. The zero-order valence-corrected chi connectivity index (χ0v) is 23.1. The number of carbonyl (C=O) groups excluding carboxylic acids is 3. The van der Waals surface area contributed by atoms with Crippen LogP contribution in [0.4, 0.5) is 4.79 Å². The van der Waals surface area contributed by atoms with Gasteiger partial charge in [0.25, 0.3) is 0 Å². The molecule has 0 aliphatic heterocycles. The van der Waals surface area contributed by atoms with E-state index >= 15 is 0 Å². The lowest BCUT2D eigenvalue weighted by molar-refractivity contribution is -0.121. The number of nitrogens with zero attached hydrogens (tertiary/aromatic N) is 2. The highest BCUT2D eigenvalue weighted by atomic mass is 16.6. The van der Waals surface area contributed by atoms with E-state index in [1.54, 1.807) is 18.7 Å². The zero-order valence-electron chi connectivity index (χ0n) is 23.1. The molecule has 2 amide bonds. The van der Waals surface area contributed by atoms with E-state index in [-0.39, 0.29) is 30.5 Å². The fraction of sp³-hybridized carbons (Fsp3) is 0.643. The summed E-state index contributed by atoms with van der Waals surface area (Å²) in [7, 11) is 3.30. The second kappa shape index (κ2) is 14.6. The number of alkyl carbamates (subject to hydrolysis) is 1. The Labute approximate surface area is 219 Å². The molecule has 0 bridgehead atoms. The number of hydrogen-bond acceptors (Lipinski definition) is 5. The van der Waals surface area contributed by atoms with Crippen LogP contribution >= 0.6 is 0 Å². The Balaban J connectivity index is 1.81. The number of ether oxygens (including phenoxy) is 1. The maximum absolute atomic E-state index is 13.0. The first-order valence-corrected chi connectivity index (χ1v) is 13.4. The molecule has 1 aromatic heterocycles. The molecule has 206 valence electrons. The van der Waals surface area contributed by atoms with Crippen molar-refractivity contribution in [2.24, 2.45) is 7.05 Å². The second-order valence-corrected chi connectivity index (χ2v) is 10.6. The first kappa shape index (κ1) is 30.1. The van der Waals surface area contributed by atoms with Crippen molar-refractivity contribution in [1.29, 1.82) is 0 Å². The minimum atomic E-state index is -0.678. The summed E-state index contributed by atoms with van der Waals surface area (Å²) in [5, 5.41) is 5.35.